The summed E-state index contributed by atoms with van der Waals surface area (Å²) in [5.74, 6) is -0.760. The van der Waals surface area contributed by atoms with Gasteiger partial charge in [-0.3, -0.25) is 4.79 Å². The van der Waals surface area contributed by atoms with Crippen molar-refractivity contribution >= 4 is 11.6 Å². The van der Waals surface area contributed by atoms with E-state index in [9.17, 15) is 14.3 Å². The quantitative estimate of drug-likeness (QED) is 0.733. The van der Waals surface area contributed by atoms with Gasteiger partial charge >= 0.3 is 0 Å². The van der Waals surface area contributed by atoms with E-state index in [4.69, 9.17) is 5.11 Å². The van der Waals surface area contributed by atoms with Crippen molar-refractivity contribution in [1.29, 1.82) is 0 Å². The van der Waals surface area contributed by atoms with Crippen molar-refractivity contribution in [2.24, 2.45) is 0 Å². The Morgan fingerprint density at radius 2 is 2.24 bits per heavy atom. The highest BCUT2D eigenvalue weighted by Gasteiger charge is 2.14. The average molecular weight is 241 g/mol. The molecule has 0 aliphatic rings. The predicted molar refractivity (Wildman–Crippen MR) is 62.0 cm³/mol. The topological polar surface area (TPSA) is 69.6 Å². The summed E-state index contributed by atoms with van der Waals surface area (Å²) in [6.07, 6.45) is -0.177. The number of amides is 1. The number of hydrogen-bond donors (Lipinski definition) is 3. The highest BCUT2D eigenvalue weighted by molar-refractivity contribution is 5.89. The molecule has 1 aromatic carbocycles. The van der Waals surface area contributed by atoms with Gasteiger partial charge in [-0.25, -0.2) is 4.39 Å². The molecule has 0 spiro atoms. The van der Waals surface area contributed by atoms with Gasteiger partial charge in [0.2, 0.25) is 5.91 Å². The lowest BCUT2D eigenvalue weighted by Gasteiger charge is -2.15. The molecule has 0 radical (unpaired) electrons. The summed E-state index contributed by atoms with van der Waals surface area (Å²) < 4.78 is 13.1. The predicted octanol–water partition coefficient (Wildman–Crippen LogP) is 1.59. The number of carbonyl (C=O) groups excluding carboxylic acids is 1. The van der Waals surface area contributed by atoms with Crippen LogP contribution in [0.5, 0.6) is 0 Å². The number of carbonyl (C=O) groups is 1. The van der Waals surface area contributed by atoms with Crippen LogP contribution >= 0.6 is 0 Å². The largest absolute Gasteiger partial charge is 0.396 e. The fraction of sp³-hybridized carbons (Fsp3) is 0.417. The smallest absolute Gasteiger partial charge is 0.221 e. The second kappa shape index (κ2) is 6.32. The van der Waals surface area contributed by atoms with E-state index in [1.54, 1.807) is 0 Å². The van der Waals surface area contributed by atoms with Gasteiger partial charge in [0.05, 0.1) is 6.10 Å². The van der Waals surface area contributed by atoms with Gasteiger partial charge in [-0.2, -0.15) is 0 Å². The van der Waals surface area contributed by atoms with Gasteiger partial charge in [-0.05, 0) is 31.0 Å². The molecule has 5 heteroatoms. The summed E-state index contributed by atoms with van der Waals surface area (Å²) in [6, 6.07) is 3.81. The summed E-state index contributed by atoms with van der Waals surface area (Å²) in [6.45, 7) is 1.30. The lowest BCUT2D eigenvalue weighted by atomic mass is 10.0. The van der Waals surface area contributed by atoms with Crippen LogP contribution in [0.25, 0.3) is 0 Å². The molecule has 1 unspecified atom stereocenters. The van der Waals surface area contributed by atoms with Gasteiger partial charge in [-0.15, -0.1) is 0 Å². The Morgan fingerprint density at radius 3 is 2.82 bits per heavy atom. The molecular weight excluding hydrogens is 225 g/mol. The minimum atomic E-state index is -0.903. The summed E-state index contributed by atoms with van der Waals surface area (Å²) in [7, 11) is 0. The van der Waals surface area contributed by atoms with Crippen LogP contribution in [-0.2, 0) is 4.79 Å². The highest BCUT2D eigenvalue weighted by Crippen LogP contribution is 2.27. The van der Waals surface area contributed by atoms with Gasteiger partial charge in [-0.1, -0.05) is 0 Å². The number of nitrogens with one attached hydrogen (secondary N) is 1. The molecule has 0 bridgehead atoms. The minimum absolute atomic E-state index is 0.0398. The number of benzene rings is 1. The summed E-state index contributed by atoms with van der Waals surface area (Å²) in [5, 5.41) is 21.0. The maximum atomic E-state index is 13.1. The zero-order chi connectivity index (χ0) is 12.8. The maximum absolute atomic E-state index is 13.1. The molecule has 1 aromatic rings. The van der Waals surface area contributed by atoms with E-state index >= 15 is 0 Å². The highest BCUT2D eigenvalue weighted by atomic mass is 19.1. The van der Waals surface area contributed by atoms with E-state index in [1.807, 2.05) is 0 Å². The van der Waals surface area contributed by atoms with E-state index in [0.717, 1.165) is 0 Å². The number of hydrogen-bond acceptors (Lipinski definition) is 3. The lowest BCUT2D eigenvalue weighted by molar-refractivity contribution is -0.114. The second-order valence-corrected chi connectivity index (χ2v) is 3.79. The fourth-order valence-electron chi connectivity index (χ4n) is 1.55. The van der Waals surface area contributed by atoms with Crippen LogP contribution in [0.2, 0.25) is 0 Å². The van der Waals surface area contributed by atoms with Crippen LogP contribution in [0.1, 0.15) is 31.4 Å². The van der Waals surface area contributed by atoms with Gasteiger partial charge in [0.15, 0.2) is 0 Å². The first-order valence-electron chi connectivity index (χ1n) is 5.40. The van der Waals surface area contributed by atoms with Gasteiger partial charge < -0.3 is 15.5 Å². The van der Waals surface area contributed by atoms with Crippen LogP contribution in [0.4, 0.5) is 10.1 Å². The number of halogens is 1. The van der Waals surface area contributed by atoms with Gasteiger partial charge in [0.1, 0.15) is 5.82 Å². The third-order valence-corrected chi connectivity index (χ3v) is 2.32. The van der Waals surface area contributed by atoms with Gasteiger partial charge in [0, 0.05) is 24.8 Å². The van der Waals surface area contributed by atoms with Crippen molar-refractivity contribution in [3.8, 4) is 0 Å². The molecule has 0 heterocycles. The molecule has 0 fully saturated rings. The molecule has 0 saturated heterocycles. The fourth-order valence-corrected chi connectivity index (χ4v) is 1.55. The van der Waals surface area contributed by atoms with E-state index in [-0.39, 0.29) is 12.5 Å². The third kappa shape index (κ3) is 4.13. The molecule has 94 valence electrons. The summed E-state index contributed by atoms with van der Waals surface area (Å²) in [4.78, 5) is 11.0. The Kier molecular flexibility index (Phi) is 5.06. The van der Waals surface area contributed by atoms with Crippen molar-refractivity contribution in [3.63, 3.8) is 0 Å². The van der Waals surface area contributed by atoms with Crippen molar-refractivity contribution in [1.82, 2.24) is 0 Å². The molecule has 0 aliphatic carbocycles. The molecule has 0 saturated carbocycles. The second-order valence-electron chi connectivity index (χ2n) is 3.79. The van der Waals surface area contributed by atoms with Gasteiger partial charge in [0.25, 0.3) is 0 Å². The first-order valence-corrected chi connectivity index (χ1v) is 5.40. The van der Waals surface area contributed by atoms with E-state index in [1.165, 1.54) is 25.1 Å². The molecule has 0 aromatic heterocycles. The average Bonchev–Trinajstić information content (AvgIpc) is 2.27. The normalized spacial score (nSPS) is 12.2. The summed E-state index contributed by atoms with van der Waals surface area (Å²) in [5.41, 5.74) is 0.720. The maximum Gasteiger partial charge on any atom is 0.221 e. The van der Waals surface area contributed by atoms with Crippen LogP contribution in [0.3, 0.4) is 0 Å². The van der Waals surface area contributed by atoms with E-state index in [2.05, 4.69) is 5.32 Å². The lowest BCUT2D eigenvalue weighted by Crippen LogP contribution is -2.11. The molecule has 1 atom stereocenters. The van der Waals surface area contributed by atoms with Crippen LogP contribution in [-0.4, -0.2) is 22.7 Å². The molecule has 1 amide bonds. The number of aliphatic hydroxyl groups excluding tert-OH is 2. The molecular formula is C12H16FNO3. The first-order chi connectivity index (χ1) is 8.04. The van der Waals surface area contributed by atoms with E-state index < -0.39 is 11.9 Å². The number of rotatable bonds is 5. The molecule has 1 rings (SSSR count). The zero-order valence-electron chi connectivity index (χ0n) is 9.61. The van der Waals surface area contributed by atoms with Crippen molar-refractivity contribution < 1.29 is 19.4 Å². The van der Waals surface area contributed by atoms with Crippen molar-refractivity contribution in [2.45, 2.75) is 25.9 Å². The van der Waals surface area contributed by atoms with Crippen molar-refractivity contribution in [2.75, 3.05) is 11.9 Å². The summed E-state index contributed by atoms with van der Waals surface area (Å²) >= 11 is 0. The number of anilines is 1. The molecule has 17 heavy (non-hydrogen) atoms. The first kappa shape index (κ1) is 13.6. The van der Waals surface area contributed by atoms with Crippen LogP contribution in [0.15, 0.2) is 18.2 Å². The minimum Gasteiger partial charge on any atom is -0.396 e. The molecule has 0 aliphatic heterocycles. The third-order valence-electron chi connectivity index (χ3n) is 2.32. The Labute approximate surface area is 99.1 Å². The SMILES string of the molecule is CC(=O)Nc1ccc(F)cc1C(O)CCCO. The van der Waals surface area contributed by atoms with Crippen molar-refractivity contribution in [3.05, 3.63) is 29.6 Å². The molecule has 3 N–H and O–H groups in total. The Bertz CT molecular complexity index is 395. The van der Waals surface area contributed by atoms with E-state index in [0.29, 0.717) is 24.1 Å². The monoisotopic (exact) mass is 241 g/mol. The standard InChI is InChI=1S/C12H16FNO3/c1-8(16)14-11-5-4-9(13)7-10(11)12(17)3-2-6-15/h4-5,7,12,15,17H,2-3,6H2,1H3,(H,14,16). The zero-order valence-corrected chi connectivity index (χ0v) is 9.61. The molecule has 4 nitrogen and oxygen atoms in total. The van der Waals surface area contributed by atoms with Crippen LogP contribution in [0, 0.1) is 5.82 Å². The Morgan fingerprint density at radius 1 is 1.53 bits per heavy atom. The number of aliphatic hydroxyl groups is 2. The Hall–Kier alpha value is -1.46. The van der Waals surface area contributed by atoms with Crippen LogP contribution < -0.4 is 5.32 Å². The Balaban J connectivity index is 2.93.